The third-order valence-electron chi connectivity index (χ3n) is 2.17. The lowest BCUT2D eigenvalue weighted by Crippen LogP contribution is -2.42. The smallest absolute Gasteiger partial charge is 0.408 e. The number of carbonyl (C=O) groups excluding carboxylic acids is 2. The van der Waals surface area contributed by atoms with E-state index in [1.807, 2.05) is 0 Å². The summed E-state index contributed by atoms with van der Waals surface area (Å²) in [6.07, 6.45) is 2.60. The Morgan fingerprint density at radius 2 is 2.06 bits per heavy atom. The molecule has 1 atom stereocenters. The molecule has 0 saturated heterocycles. The predicted molar refractivity (Wildman–Crippen MR) is 66.4 cm³/mol. The molecule has 0 aliphatic heterocycles. The lowest BCUT2D eigenvalue weighted by atomic mass is 10.2. The topological polar surface area (TPSA) is 73.2 Å². The van der Waals surface area contributed by atoms with Gasteiger partial charge in [-0.1, -0.05) is 0 Å². The number of imidazole rings is 1. The molecule has 1 N–H and O–H groups in total. The van der Waals surface area contributed by atoms with E-state index >= 15 is 0 Å². The zero-order valence-electron chi connectivity index (χ0n) is 11.4. The van der Waals surface area contributed by atoms with Crippen molar-refractivity contribution in [2.45, 2.75) is 39.3 Å². The highest BCUT2D eigenvalue weighted by Crippen LogP contribution is 2.07. The summed E-state index contributed by atoms with van der Waals surface area (Å²) in [7, 11) is 1.72. The summed E-state index contributed by atoms with van der Waals surface area (Å²) in [5.74, 6) is 0.0481. The number of ketones is 1. The number of aromatic nitrogens is 2. The maximum absolute atomic E-state index is 12.0. The van der Waals surface area contributed by atoms with E-state index < -0.39 is 17.7 Å². The van der Waals surface area contributed by atoms with Gasteiger partial charge in [0, 0.05) is 19.4 Å². The summed E-state index contributed by atoms with van der Waals surface area (Å²) < 4.78 is 6.68. The average molecular weight is 253 g/mol. The zero-order chi connectivity index (χ0) is 13.9. The van der Waals surface area contributed by atoms with Crippen LogP contribution in [0.25, 0.3) is 0 Å². The quantitative estimate of drug-likeness (QED) is 0.829. The normalized spacial score (nSPS) is 12.9. The fraction of sp³-hybridized carbons (Fsp3) is 0.583. The van der Waals surface area contributed by atoms with E-state index in [4.69, 9.17) is 4.74 Å². The Morgan fingerprint density at radius 1 is 1.44 bits per heavy atom. The van der Waals surface area contributed by atoms with Crippen LogP contribution >= 0.6 is 0 Å². The Hall–Kier alpha value is -1.85. The fourth-order valence-electron chi connectivity index (χ4n) is 1.35. The predicted octanol–water partition coefficient (Wildman–Crippen LogP) is 1.52. The molecule has 0 fully saturated rings. The molecule has 1 amide bonds. The third kappa shape index (κ3) is 3.87. The first-order valence-corrected chi connectivity index (χ1v) is 5.72. The van der Waals surface area contributed by atoms with Gasteiger partial charge in [0.2, 0.25) is 5.78 Å². The Bertz CT molecular complexity index is 446. The molecule has 1 aromatic rings. The van der Waals surface area contributed by atoms with Gasteiger partial charge >= 0.3 is 6.09 Å². The number of carbonyl (C=O) groups is 2. The van der Waals surface area contributed by atoms with Crippen molar-refractivity contribution in [1.82, 2.24) is 14.9 Å². The molecule has 100 valence electrons. The minimum Gasteiger partial charge on any atom is -0.444 e. The van der Waals surface area contributed by atoms with Crippen LogP contribution in [0.3, 0.4) is 0 Å². The largest absolute Gasteiger partial charge is 0.444 e. The van der Waals surface area contributed by atoms with Crippen molar-refractivity contribution in [2.75, 3.05) is 0 Å². The molecule has 1 heterocycles. The van der Waals surface area contributed by atoms with Gasteiger partial charge in [0.15, 0.2) is 5.82 Å². The van der Waals surface area contributed by atoms with Crippen molar-refractivity contribution >= 4 is 11.9 Å². The molecule has 6 heteroatoms. The molecule has 6 nitrogen and oxygen atoms in total. The van der Waals surface area contributed by atoms with Crippen LogP contribution in [0, 0.1) is 0 Å². The van der Waals surface area contributed by atoms with E-state index in [1.54, 1.807) is 45.5 Å². The minimum absolute atomic E-state index is 0.256. The van der Waals surface area contributed by atoms with Gasteiger partial charge in [-0.05, 0) is 27.7 Å². The number of alkyl carbamates (subject to hydrolysis) is 1. The van der Waals surface area contributed by atoms with Crippen molar-refractivity contribution < 1.29 is 14.3 Å². The number of hydrogen-bond donors (Lipinski definition) is 1. The molecular formula is C12H19N3O3. The summed E-state index contributed by atoms with van der Waals surface area (Å²) in [4.78, 5) is 27.4. The van der Waals surface area contributed by atoms with Crippen LogP contribution in [0.1, 0.15) is 38.3 Å². The first-order valence-electron chi connectivity index (χ1n) is 5.72. The van der Waals surface area contributed by atoms with Crippen LogP contribution in [0.15, 0.2) is 12.4 Å². The van der Waals surface area contributed by atoms with E-state index in [0.29, 0.717) is 5.82 Å². The lowest BCUT2D eigenvalue weighted by molar-refractivity contribution is 0.0495. The lowest BCUT2D eigenvalue weighted by Gasteiger charge is -2.21. The van der Waals surface area contributed by atoms with Crippen LogP contribution in [0.2, 0.25) is 0 Å². The van der Waals surface area contributed by atoms with Gasteiger partial charge < -0.3 is 14.6 Å². The van der Waals surface area contributed by atoms with Crippen LogP contribution in [-0.4, -0.2) is 33.1 Å². The van der Waals surface area contributed by atoms with E-state index in [-0.39, 0.29) is 5.78 Å². The Morgan fingerprint density at radius 3 is 2.50 bits per heavy atom. The highest BCUT2D eigenvalue weighted by molar-refractivity contribution is 5.98. The molecule has 0 radical (unpaired) electrons. The number of aryl methyl sites for hydroxylation is 1. The van der Waals surface area contributed by atoms with Crippen LogP contribution in [0.5, 0.6) is 0 Å². The summed E-state index contributed by atoms with van der Waals surface area (Å²) in [5, 5.41) is 2.49. The second-order valence-electron chi connectivity index (χ2n) is 5.09. The molecule has 0 saturated carbocycles. The molecule has 0 aromatic carbocycles. The zero-order valence-corrected chi connectivity index (χ0v) is 11.4. The highest BCUT2D eigenvalue weighted by Gasteiger charge is 2.23. The van der Waals surface area contributed by atoms with Gasteiger partial charge in [-0.3, -0.25) is 4.79 Å². The summed E-state index contributed by atoms with van der Waals surface area (Å²) in [6.45, 7) is 6.88. The molecule has 0 aliphatic carbocycles. The molecule has 0 bridgehead atoms. The molecule has 0 spiro atoms. The molecule has 18 heavy (non-hydrogen) atoms. The van der Waals surface area contributed by atoms with E-state index in [1.165, 1.54) is 6.20 Å². The number of nitrogens with zero attached hydrogens (tertiary/aromatic N) is 2. The molecule has 0 unspecified atom stereocenters. The summed E-state index contributed by atoms with van der Waals surface area (Å²) in [5.41, 5.74) is -0.587. The molecular weight excluding hydrogens is 234 g/mol. The Balaban J connectivity index is 2.61. The van der Waals surface area contributed by atoms with Crippen LogP contribution < -0.4 is 5.32 Å². The van der Waals surface area contributed by atoms with Gasteiger partial charge in [0.05, 0.1) is 6.04 Å². The second kappa shape index (κ2) is 5.20. The van der Waals surface area contributed by atoms with Crippen molar-refractivity contribution in [1.29, 1.82) is 0 Å². The van der Waals surface area contributed by atoms with Gasteiger partial charge in [-0.15, -0.1) is 0 Å². The van der Waals surface area contributed by atoms with Crippen LogP contribution in [-0.2, 0) is 11.8 Å². The van der Waals surface area contributed by atoms with Gasteiger partial charge in [-0.25, -0.2) is 9.78 Å². The van der Waals surface area contributed by atoms with E-state index in [2.05, 4.69) is 10.3 Å². The van der Waals surface area contributed by atoms with Crippen molar-refractivity contribution in [2.24, 2.45) is 7.05 Å². The monoisotopic (exact) mass is 253 g/mol. The van der Waals surface area contributed by atoms with Crippen LogP contribution in [0.4, 0.5) is 4.79 Å². The van der Waals surface area contributed by atoms with Gasteiger partial charge in [0.1, 0.15) is 5.60 Å². The molecule has 1 rings (SSSR count). The standard InChI is InChI=1S/C12H19N3O3/c1-8(14-11(17)18-12(2,3)4)9(16)10-13-6-7-15(10)5/h6-8H,1-5H3,(H,14,17)/t8-/m0/s1. The summed E-state index contributed by atoms with van der Waals surface area (Å²) in [6, 6.07) is -0.680. The first kappa shape index (κ1) is 14.2. The summed E-state index contributed by atoms with van der Waals surface area (Å²) >= 11 is 0. The van der Waals surface area contributed by atoms with Crippen molar-refractivity contribution in [3.05, 3.63) is 18.2 Å². The number of ether oxygens (including phenoxy) is 1. The maximum Gasteiger partial charge on any atom is 0.408 e. The van der Waals surface area contributed by atoms with E-state index in [9.17, 15) is 9.59 Å². The van der Waals surface area contributed by atoms with Crippen molar-refractivity contribution in [3.63, 3.8) is 0 Å². The second-order valence-corrected chi connectivity index (χ2v) is 5.09. The fourth-order valence-corrected chi connectivity index (χ4v) is 1.35. The number of nitrogens with one attached hydrogen (secondary N) is 1. The van der Waals surface area contributed by atoms with E-state index in [0.717, 1.165) is 0 Å². The minimum atomic E-state index is -0.680. The first-order chi connectivity index (χ1) is 8.20. The molecule has 1 aromatic heterocycles. The Labute approximate surface area is 106 Å². The SMILES string of the molecule is C[C@H](NC(=O)OC(C)(C)C)C(=O)c1nccn1C. The third-order valence-corrected chi connectivity index (χ3v) is 2.17. The molecule has 0 aliphatic rings. The average Bonchev–Trinajstić information content (AvgIpc) is 2.60. The number of Topliss-reactive ketones (excluding diaryl/α,β-unsaturated/α-hetero) is 1. The van der Waals surface area contributed by atoms with Gasteiger partial charge in [0.25, 0.3) is 0 Å². The number of amides is 1. The number of hydrogen-bond acceptors (Lipinski definition) is 4. The Kier molecular flexibility index (Phi) is 4.11. The van der Waals surface area contributed by atoms with Gasteiger partial charge in [-0.2, -0.15) is 0 Å². The number of rotatable bonds is 3. The highest BCUT2D eigenvalue weighted by atomic mass is 16.6. The van der Waals surface area contributed by atoms with Crippen molar-refractivity contribution in [3.8, 4) is 0 Å². The maximum atomic E-state index is 12.0.